The average molecular weight is 434 g/mol. The Morgan fingerprint density at radius 2 is 1.68 bits per heavy atom. The Balaban J connectivity index is 1.69. The second-order valence-corrected chi connectivity index (χ2v) is 7.35. The number of hydrogen-bond acceptors (Lipinski definition) is 4. The summed E-state index contributed by atoms with van der Waals surface area (Å²) in [5.74, 6) is -0.168. The van der Waals surface area contributed by atoms with Crippen molar-refractivity contribution in [1.29, 1.82) is 0 Å². The number of hydrogen-bond donors (Lipinski definition) is 0. The van der Waals surface area contributed by atoms with Gasteiger partial charge in [-0.05, 0) is 23.8 Å². The summed E-state index contributed by atoms with van der Waals surface area (Å²) < 4.78 is 12.0. The molecule has 31 heavy (non-hydrogen) atoms. The van der Waals surface area contributed by atoms with Crippen LogP contribution in [0.3, 0.4) is 0 Å². The number of aromatic nitrogens is 1. The normalized spacial score (nSPS) is 10.8. The largest absolute Gasteiger partial charge is 0.489 e. The summed E-state index contributed by atoms with van der Waals surface area (Å²) in [5, 5.41) is 0.739. The SMILES string of the molecule is COC(=O)Cc1c(C(=O)c2cccc(OCc3ccccc3)c2)n(Cl)c2ccccc12. The van der Waals surface area contributed by atoms with Crippen LogP contribution in [0.25, 0.3) is 10.9 Å². The van der Waals surface area contributed by atoms with E-state index in [9.17, 15) is 9.59 Å². The molecule has 0 unspecified atom stereocenters. The molecular weight excluding hydrogens is 414 g/mol. The van der Waals surface area contributed by atoms with Crippen molar-refractivity contribution >= 4 is 34.4 Å². The van der Waals surface area contributed by atoms with Crippen LogP contribution in [-0.4, -0.2) is 22.9 Å². The van der Waals surface area contributed by atoms with Gasteiger partial charge in [-0.2, -0.15) is 0 Å². The summed E-state index contributed by atoms with van der Waals surface area (Å²) in [7, 11) is 1.32. The third-order valence-corrected chi connectivity index (χ3v) is 5.38. The van der Waals surface area contributed by atoms with Crippen molar-refractivity contribution in [3.8, 4) is 5.75 Å². The van der Waals surface area contributed by atoms with Crippen LogP contribution in [0.5, 0.6) is 5.75 Å². The number of methoxy groups -OCH3 is 1. The second kappa shape index (κ2) is 9.06. The van der Waals surface area contributed by atoms with E-state index in [1.165, 1.54) is 11.2 Å². The van der Waals surface area contributed by atoms with Crippen molar-refractivity contribution in [2.45, 2.75) is 13.0 Å². The van der Waals surface area contributed by atoms with Gasteiger partial charge in [-0.25, -0.2) is 4.09 Å². The first-order chi connectivity index (χ1) is 15.1. The predicted octanol–water partition coefficient (Wildman–Crippen LogP) is 5.17. The number of halogens is 1. The van der Waals surface area contributed by atoms with Crippen LogP contribution in [0.2, 0.25) is 0 Å². The number of benzene rings is 3. The molecule has 4 aromatic rings. The number of carbonyl (C=O) groups excluding carboxylic acids is 2. The molecule has 0 aliphatic heterocycles. The zero-order chi connectivity index (χ0) is 21.8. The van der Waals surface area contributed by atoms with Crippen molar-refractivity contribution in [3.63, 3.8) is 0 Å². The van der Waals surface area contributed by atoms with Gasteiger partial charge < -0.3 is 9.47 Å². The van der Waals surface area contributed by atoms with E-state index in [2.05, 4.69) is 0 Å². The number of nitrogens with zero attached hydrogens (tertiary/aromatic N) is 1. The fourth-order valence-electron chi connectivity index (χ4n) is 3.49. The summed E-state index contributed by atoms with van der Waals surface area (Å²) in [5.41, 5.74) is 2.89. The van der Waals surface area contributed by atoms with Gasteiger partial charge in [0, 0.05) is 28.3 Å². The molecule has 0 amide bonds. The molecule has 0 bridgehead atoms. The molecule has 1 aromatic heterocycles. The van der Waals surface area contributed by atoms with E-state index in [1.54, 1.807) is 30.3 Å². The van der Waals surface area contributed by atoms with E-state index in [0.717, 1.165) is 10.9 Å². The Morgan fingerprint density at radius 3 is 2.45 bits per heavy atom. The molecule has 0 saturated heterocycles. The maximum absolute atomic E-state index is 13.4. The Kier molecular flexibility index (Phi) is 6.05. The highest BCUT2D eigenvalue weighted by Crippen LogP contribution is 2.30. The van der Waals surface area contributed by atoms with Gasteiger partial charge in [0.15, 0.2) is 0 Å². The lowest BCUT2D eigenvalue weighted by atomic mass is 10.0. The molecule has 0 fully saturated rings. The van der Waals surface area contributed by atoms with Gasteiger partial charge in [-0.3, -0.25) is 9.59 Å². The summed E-state index contributed by atoms with van der Waals surface area (Å²) in [4.78, 5) is 25.5. The zero-order valence-electron chi connectivity index (χ0n) is 16.9. The molecule has 5 nitrogen and oxygen atoms in total. The van der Waals surface area contributed by atoms with Crippen LogP contribution in [0.15, 0.2) is 78.9 Å². The molecule has 0 saturated carbocycles. The molecule has 4 rings (SSSR count). The lowest BCUT2D eigenvalue weighted by Gasteiger charge is -2.09. The van der Waals surface area contributed by atoms with Crippen LogP contribution in [0.1, 0.15) is 27.2 Å². The molecule has 0 radical (unpaired) electrons. The quantitative estimate of drug-likeness (QED) is 0.298. The van der Waals surface area contributed by atoms with Crippen molar-refractivity contribution in [2.75, 3.05) is 7.11 Å². The second-order valence-electron chi connectivity index (χ2n) is 7.01. The molecular formula is C25H20ClNO4. The molecule has 1 heterocycles. The lowest BCUT2D eigenvalue weighted by Crippen LogP contribution is -2.12. The van der Waals surface area contributed by atoms with Gasteiger partial charge in [0.25, 0.3) is 0 Å². The predicted molar refractivity (Wildman–Crippen MR) is 120 cm³/mol. The molecule has 0 N–H and O–H groups in total. The number of ether oxygens (including phenoxy) is 2. The Hall–Kier alpha value is -3.57. The number of esters is 1. The molecule has 6 heteroatoms. The third-order valence-electron chi connectivity index (χ3n) is 5.03. The number of carbonyl (C=O) groups is 2. The van der Waals surface area contributed by atoms with Gasteiger partial charge in [0.1, 0.15) is 18.1 Å². The smallest absolute Gasteiger partial charge is 0.310 e. The Bertz CT molecular complexity index is 1250. The Labute approximate surface area is 184 Å². The first kappa shape index (κ1) is 20.7. The van der Waals surface area contributed by atoms with E-state index in [1.807, 2.05) is 48.5 Å². The number of rotatable bonds is 7. The highest BCUT2D eigenvalue weighted by atomic mass is 35.5. The van der Waals surface area contributed by atoms with Gasteiger partial charge in [0.05, 0.1) is 19.0 Å². The minimum absolute atomic E-state index is 0.0536. The number of para-hydroxylation sites is 1. The maximum atomic E-state index is 13.4. The minimum atomic E-state index is -0.443. The van der Waals surface area contributed by atoms with Crippen molar-refractivity contribution in [2.24, 2.45) is 0 Å². The van der Waals surface area contributed by atoms with E-state index in [-0.39, 0.29) is 17.9 Å². The van der Waals surface area contributed by atoms with E-state index in [0.29, 0.717) is 29.0 Å². The first-order valence-electron chi connectivity index (χ1n) is 9.75. The molecule has 0 atom stereocenters. The summed E-state index contributed by atoms with van der Waals surface area (Å²) >= 11 is 6.53. The number of ketones is 1. The van der Waals surface area contributed by atoms with Gasteiger partial charge in [-0.1, -0.05) is 60.7 Å². The topological polar surface area (TPSA) is 57.5 Å². The van der Waals surface area contributed by atoms with Crippen molar-refractivity contribution in [1.82, 2.24) is 4.09 Å². The third kappa shape index (κ3) is 4.32. The molecule has 156 valence electrons. The summed E-state index contributed by atoms with van der Waals surface area (Å²) in [6, 6.07) is 24.0. The Morgan fingerprint density at radius 1 is 0.935 bits per heavy atom. The summed E-state index contributed by atoms with van der Waals surface area (Å²) in [6.45, 7) is 0.391. The highest BCUT2D eigenvalue weighted by Gasteiger charge is 2.25. The van der Waals surface area contributed by atoms with Gasteiger partial charge in [-0.15, -0.1) is 0 Å². The van der Waals surface area contributed by atoms with Crippen molar-refractivity contribution in [3.05, 3.63) is 101 Å². The van der Waals surface area contributed by atoms with Gasteiger partial charge in [0.2, 0.25) is 5.78 Å². The van der Waals surface area contributed by atoms with Crippen LogP contribution in [0.4, 0.5) is 0 Å². The monoisotopic (exact) mass is 433 g/mol. The first-order valence-corrected chi connectivity index (χ1v) is 10.1. The van der Waals surface area contributed by atoms with E-state index >= 15 is 0 Å². The van der Waals surface area contributed by atoms with Crippen LogP contribution < -0.4 is 4.74 Å². The van der Waals surface area contributed by atoms with E-state index in [4.69, 9.17) is 21.3 Å². The fraction of sp³-hybridized carbons (Fsp3) is 0.120. The fourth-order valence-corrected chi connectivity index (χ4v) is 3.82. The zero-order valence-corrected chi connectivity index (χ0v) is 17.6. The molecule has 0 aliphatic rings. The minimum Gasteiger partial charge on any atom is -0.489 e. The van der Waals surface area contributed by atoms with Gasteiger partial charge >= 0.3 is 5.97 Å². The van der Waals surface area contributed by atoms with Crippen LogP contribution in [-0.2, 0) is 22.6 Å². The van der Waals surface area contributed by atoms with Crippen LogP contribution in [0, 0.1) is 0 Å². The molecule has 0 aliphatic carbocycles. The lowest BCUT2D eigenvalue weighted by molar-refractivity contribution is -0.139. The van der Waals surface area contributed by atoms with Crippen LogP contribution >= 0.6 is 11.8 Å². The molecule has 3 aromatic carbocycles. The van der Waals surface area contributed by atoms with Crippen molar-refractivity contribution < 1.29 is 19.1 Å². The molecule has 0 spiro atoms. The average Bonchev–Trinajstić information content (AvgIpc) is 3.09. The highest BCUT2D eigenvalue weighted by molar-refractivity contribution is 6.25. The summed E-state index contributed by atoms with van der Waals surface area (Å²) in [6.07, 6.45) is -0.0536. The maximum Gasteiger partial charge on any atom is 0.310 e. The number of fused-ring (bicyclic) bond motifs is 1. The standard InChI is InChI=1S/C25H20ClNO4/c1-30-23(28)15-21-20-12-5-6-13-22(20)27(26)24(21)25(29)18-10-7-11-19(14-18)31-16-17-8-3-2-4-9-17/h2-14H,15-16H2,1H3. The van der Waals surface area contributed by atoms with E-state index < -0.39 is 5.97 Å².